The Balaban J connectivity index is 1.17. The predicted molar refractivity (Wildman–Crippen MR) is 151 cm³/mol. The summed E-state index contributed by atoms with van der Waals surface area (Å²) in [7, 11) is 0. The quantitative estimate of drug-likeness (QED) is 0.426. The summed E-state index contributed by atoms with van der Waals surface area (Å²) in [5.41, 5.74) is 3.05. The number of hydrogen-bond donors (Lipinski definition) is 1. The molecule has 10 heteroatoms. The first-order valence-corrected chi connectivity index (χ1v) is 15.2. The topological polar surface area (TPSA) is 84.4 Å². The second-order valence-corrected chi connectivity index (χ2v) is 12.5. The zero-order valence-corrected chi connectivity index (χ0v) is 23.2. The lowest BCUT2D eigenvalue weighted by Crippen LogP contribution is -2.45. The van der Waals surface area contributed by atoms with Gasteiger partial charge < -0.3 is 19.7 Å². The molecule has 0 aliphatic carbocycles. The van der Waals surface area contributed by atoms with Crippen LogP contribution in [0.15, 0.2) is 53.4 Å². The molecule has 39 heavy (non-hydrogen) atoms. The molecular formula is C29H31ClFN5O2S. The Kier molecular flexibility index (Phi) is 7.64. The number of rotatable bonds is 6. The van der Waals surface area contributed by atoms with Gasteiger partial charge in [0, 0.05) is 50.1 Å². The molecule has 6 rings (SSSR count). The van der Waals surface area contributed by atoms with Gasteiger partial charge in [0.25, 0.3) is 0 Å². The van der Waals surface area contributed by atoms with Crippen LogP contribution in [-0.4, -0.2) is 56.8 Å². The molecule has 3 aliphatic heterocycles. The van der Waals surface area contributed by atoms with Gasteiger partial charge in [0.1, 0.15) is 17.3 Å². The maximum Gasteiger partial charge on any atom is 0.227 e. The van der Waals surface area contributed by atoms with Crippen LogP contribution in [0, 0.1) is 5.82 Å². The van der Waals surface area contributed by atoms with Gasteiger partial charge in [-0.2, -0.15) is 4.98 Å². The number of nitrogens with one attached hydrogen (secondary N) is 1. The Hall–Kier alpha value is -2.88. The van der Waals surface area contributed by atoms with Crippen LogP contribution in [0.4, 0.5) is 16.2 Å². The first-order valence-electron chi connectivity index (χ1n) is 13.5. The summed E-state index contributed by atoms with van der Waals surface area (Å²) in [5.74, 6) is 2.13. The van der Waals surface area contributed by atoms with Crippen LogP contribution in [0.25, 0.3) is 0 Å². The molecule has 204 valence electrons. The van der Waals surface area contributed by atoms with Gasteiger partial charge in [-0.3, -0.25) is 4.79 Å². The zero-order chi connectivity index (χ0) is 26.9. The number of hydrogen-bond acceptors (Lipinski definition) is 6. The lowest BCUT2D eigenvalue weighted by molar-refractivity contribution is -0.134. The van der Waals surface area contributed by atoms with Crippen LogP contribution in [-0.2, 0) is 28.9 Å². The summed E-state index contributed by atoms with van der Waals surface area (Å²) < 4.78 is 26.2. The second-order valence-electron chi connectivity index (χ2n) is 10.5. The summed E-state index contributed by atoms with van der Waals surface area (Å²) >= 11 is 4.93. The van der Waals surface area contributed by atoms with E-state index >= 15 is 0 Å². The fourth-order valence-corrected chi connectivity index (χ4v) is 7.20. The van der Waals surface area contributed by atoms with Crippen molar-refractivity contribution in [3.63, 3.8) is 0 Å². The van der Waals surface area contributed by atoms with Crippen molar-refractivity contribution in [3.8, 4) is 0 Å². The summed E-state index contributed by atoms with van der Waals surface area (Å²) in [6.45, 7) is 2.62. The Morgan fingerprint density at radius 2 is 1.77 bits per heavy atom. The molecule has 2 saturated heterocycles. The maximum absolute atomic E-state index is 13.3. The van der Waals surface area contributed by atoms with Crippen molar-refractivity contribution >= 4 is 40.5 Å². The fourth-order valence-electron chi connectivity index (χ4n) is 5.76. The van der Waals surface area contributed by atoms with Gasteiger partial charge >= 0.3 is 0 Å². The number of anilines is 2. The van der Waals surface area contributed by atoms with Crippen molar-refractivity contribution in [3.05, 3.63) is 76.2 Å². The molecule has 1 N–H and O–H groups in total. The van der Waals surface area contributed by atoms with E-state index in [1.807, 2.05) is 12.1 Å². The summed E-state index contributed by atoms with van der Waals surface area (Å²) in [4.78, 5) is 27.1. The molecule has 3 aliphatic rings. The molecule has 2 atom stereocenters. The first kappa shape index (κ1) is 26.3. The van der Waals surface area contributed by atoms with E-state index in [4.69, 9.17) is 21.6 Å². The Morgan fingerprint density at radius 1 is 1.03 bits per heavy atom. The molecule has 1 aromatic heterocycles. The second kappa shape index (κ2) is 11.3. The standard InChI is InChI=1S/C29H31ClFN5O2S/c30-22-5-3-20(4-6-22)21-11-14-35(15-12-21)29-33-25-13-16-39(38)27(25)28(34-29)32-24-9-10-26(37)36(18-24)17-19-1-7-23(31)8-2-19/h1-8,21,24H,9-18H2,(H,32,33,34). The Bertz CT molecular complexity index is 1330. The number of nitrogens with zero attached hydrogens (tertiary/aromatic N) is 4. The molecule has 0 bridgehead atoms. The van der Waals surface area contributed by atoms with Gasteiger partial charge in [-0.25, -0.2) is 9.37 Å². The first-order chi connectivity index (χ1) is 18.9. The van der Waals surface area contributed by atoms with Crippen molar-refractivity contribution < 1.29 is 13.7 Å². The Morgan fingerprint density at radius 3 is 2.51 bits per heavy atom. The van der Waals surface area contributed by atoms with Crippen molar-refractivity contribution in [1.82, 2.24) is 14.9 Å². The number of aromatic nitrogens is 2. The summed E-state index contributed by atoms with van der Waals surface area (Å²) in [6, 6.07) is 14.3. The number of carbonyl (C=O) groups excluding carboxylic acids is 1. The van der Waals surface area contributed by atoms with Crippen LogP contribution >= 0.6 is 11.6 Å². The van der Waals surface area contributed by atoms with E-state index in [-0.39, 0.29) is 17.8 Å². The fraction of sp³-hybridized carbons (Fsp3) is 0.414. The van der Waals surface area contributed by atoms with E-state index in [0.29, 0.717) is 60.7 Å². The van der Waals surface area contributed by atoms with Gasteiger partial charge in [0.15, 0.2) is 5.82 Å². The maximum atomic E-state index is 13.3. The average molecular weight is 568 g/mol. The molecule has 0 saturated carbocycles. The van der Waals surface area contributed by atoms with Gasteiger partial charge in [0.05, 0.1) is 0 Å². The van der Waals surface area contributed by atoms with Crippen molar-refractivity contribution in [2.45, 2.75) is 55.5 Å². The average Bonchev–Trinajstić information content (AvgIpc) is 3.33. The third-order valence-electron chi connectivity index (χ3n) is 7.92. The highest BCUT2D eigenvalue weighted by Gasteiger charge is 2.35. The highest BCUT2D eigenvalue weighted by Crippen LogP contribution is 2.35. The number of halogens is 2. The van der Waals surface area contributed by atoms with E-state index in [0.717, 1.165) is 42.2 Å². The van der Waals surface area contributed by atoms with Crippen LogP contribution in [0.3, 0.4) is 0 Å². The number of amides is 1. The number of benzene rings is 2. The van der Waals surface area contributed by atoms with E-state index in [1.54, 1.807) is 17.0 Å². The Labute approximate surface area is 236 Å². The molecular weight excluding hydrogens is 537 g/mol. The van der Waals surface area contributed by atoms with Crippen molar-refractivity contribution in [1.29, 1.82) is 0 Å². The highest BCUT2D eigenvalue weighted by atomic mass is 35.5. The van der Waals surface area contributed by atoms with E-state index in [9.17, 15) is 13.7 Å². The van der Waals surface area contributed by atoms with Crippen LogP contribution in [0.1, 0.15) is 48.4 Å². The molecule has 3 aromatic rings. The highest BCUT2D eigenvalue weighted by molar-refractivity contribution is 7.91. The SMILES string of the molecule is O=C1CCC(Nc2nc(N3CCC(c4ccc(Cl)cc4)CC3)nc3c2[S+]([O-])CC3)CN1Cc1ccc(F)cc1. The van der Waals surface area contributed by atoms with E-state index in [1.165, 1.54) is 17.7 Å². The van der Waals surface area contributed by atoms with Gasteiger partial charge in [-0.1, -0.05) is 35.9 Å². The summed E-state index contributed by atoms with van der Waals surface area (Å²) in [5, 5.41) is 4.29. The minimum absolute atomic E-state index is 0.0248. The molecule has 4 heterocycles. The number of likely N-dealkylation sites (tertiary alicyclic amines) is 1. The molecule has 2 unspecified atom stereocenters. The minimum atomic E-state index is -1.14. The van der Waals surface area contributed by atoms with Gasteiger partial charge in [-0.05, 0) is 71.7 Å². The van der Waals surface area contributed by atoms with Crippen LogP contribution in [0.5, 0.6) is 0 Å². The molecule has 7 nitrogen and oxygen atoms in total. The molecule has 2 fully saturated rings. The van der Waals surface area contributed by atoms with Crippen molar-refractivity contribution in [2.24, 2.45) is 0 Å². The van der Waals surface area contributed by atoms with E-state index in [2.05, 4.69) is 22.3 Å². The van der Waals surface area contributed by atoms with Gasteiger partial charge in [0.2, 0.25) is 16.8 Å². The lowest BCUT2D eigenvalue weighted by atomic mass is 9.89. The van der Waals surface area contributed by atoms with Crippen LogP contribution in [0.2, 0.25) is 5.02 Å². The lowest BCUT2D eigenvalue weighted by Gasteiger charge is -2.34. The molecule has 0 spiro atoms. The molecule has 0 radical (unpaired) electrons. The number of piperidine rings is 2. The third kappa shape index (κ3) is 5.85. The number of fused-ring (bicyclic) bond motifs is 1. The molecule has 2 aromatic carbocycles. The van der Waals surface area contributed by atoms with Crippen LogP contribution < -0.4 is 10.2 Å². The number of carbonyl (C=O) groups is 1. The van der Waals surface area contributed by atoms with E-state index < -0.39 is 11.2 Å². The van der Waals surface area contributed by atoms with Crippen molar-refractivity contribution in [2.75, 3.05) is 35.6 Å². The minimum Gasteiger partial charge on any atom is -0.611 e. The zero-order valence-electron chi connectivity index (χ0n) is 21.6. The largest absolute Gasteiger partial charge is 0.611 e. The molecule has 1 amide bonds. The summed E-state index contributed by atoms with van der Waals surface area (Å²) in [6.07, 6.45) is 3.76. The monoisotopic (exact) mass is 567 g/mol. The van der Waals surface area contributed by atoms with Gasteiger partial charge in [-0.15, -0.1) is 0 Å². The third-order valence-corrected chi connectivity index (χ3v) is 9.63. The smallest absolute Gasteiger partial charge is 0.227 e. The number of aryl methyl sites for hydroxylation is 1. The normalized spacial score (nSPS) is 21.8. The predicted octanol–water partition coefficient (Wildman–Crippen LogP) is 4.92.